The van der Waals surface area contributed by atoms with Gasteiger partial charge in [0.2, 0.25) is 0 Å². The lowest BCUT2D eigenvalue weighted by Gasteiger charge is -2.18. The average molecular weight is 195 g/mol. The third-order valence-electron chi connectivity index (χ3n) is 2.23. The third-order valence-corrected chi connectivity index (χ3v) is 2.23. The van der Waals surface area contributed by atoms with Crippen molar-refractivity contribution in [2.75, 3.05) is 12.1 Å². The van der Waals surface area contributed by atoms with Gasteiger partial charge >= 0.3 is 5.69 Å². The van der Waals surface area contributed by atoms with Crippen molar-refractivity contribution in [3.05, 3.63) is 22.2 Å². The fraction of sp³-hybridized carbons (Fsp3) is 0.556. The summed E-state index contributed by atoms with van der Waals surface area (Å²) < 4.78 is 1.63. The molecule has 5 heteroatoms. The van der Waals surface area contributed by atoms with Gasteiger partial charge in [-0.2, -0.15) is 4.98 Å². The maximum Gasteiger partial charge on any atom is 0.349 e. The van der Waals surface area contributed by atoms with Crippen LogP contribution in [0.5, 0.6) is 0 Å². The van der Waals surface area contributed by atoms with Crippen LogP contribution in [-0.2, 0) is 11.3 Å². The first kappa shape index (κ1) is 9.21. The first-order valence-corrected chi connectivity index (χ1v) is 4.68. The van der Waals surface area contributed by atoms with Crippen LogP contribution >= 0.6 is 0 Å². The van der Waals surface area contributed by atoms with E-state index in [0.717, 1.165) is 12.0 Å². The van der Waals surface area contributed by atoms with Crippen LogP contribution in [0.2, 0.25) is 0 Å². The van der Waals surface area contributed by atoms with Gasteiger partial charge in [0, 0.05) is 24.2 Å². The molecule has 1 aliphatic heterocycles. The standard InChI is InChI=1S/C9H13N3O2/c1-6(2)12-5-7-3-4-14-11-8(7)10-9(12)13/h5-6H,3-4H2,1-2H3,(H,10,11,13). The summed E-state index contributed by atoms with van der Waals surface area (Å²) in [5.41, 5.74) is 3.44. The molecule has 0 aromatic carbocycles. The van der Waals surface area contributed by atoms with Crippen LogP contribution < -0.4 is 11.2 Å². The molecule has 0 fully saturated rings. The topological polar surface area (TPSA) is 56.2 Å². The predicted octanol–water partition coefficient (Wildman–Crippen LogP) is 0.724. The maximum absolute atomic E-state index is 11.5. The number of rotatable bonds is 1. The highest BCUT2D eigenvalue weighted by atomic mass is 16.6. The van der Waals surface area contributed by atoms with Gasteiger partial charge in [-0.05, 0) is 13.8 Å². The van der Waals surface area contributed by atoms with Crippen LogP contribution in [-0.4, -0.2) is 16.2 Å². The first-order valence-electron chi connectivity index (χ1n) is 4.68. The molecule has 1 N–H and O–H groups in total. The van der Waals surface area contributed by atoms with E-state index in [0.29, 0.717) is 12.4 Å². The van der Waals surface area contributed by atoms with Crippen LogP contribution in [0, 0.1) is 0 Å². The summed E-state index contributed by atoms with van der Waals surface area (Å²) in [6, 6.07) is 0.142. The molecule has 2 rings (SSSR count). The zero-order valence-electron chi connectivity index (χ0n) is 8.28. The van der Waals surface area contributed by atoms with Gasteiger partial charge in [0.05, 0.1) is 6.61 Å². The number of anilines is 1. The molecule has 0 aliphatic carbocycles. The van der Waals surface area contributed by atoms with E-state index in [1.54, 1.807) is 4.57 Å². The van der Waals surface area contributed by atoms with Crippen molar-refractivity contribution in [3.8, 4) is 0 Å². The van der Waals surface area contributed by atoms with Crippen molar-refractivity contribution in [1.29, 1.82) is 0 Å². The Hall–Kier alpha value is -1.36. The minimum Gasteiger partial charge on any atom is -0.296 e. The highest BCUT2D eigenvalue weighted by molar-refractivity contribution is 5.41. The minimum atomic E-state index is -0.239. The highest BCUT2D eigenvalue weighted by Crippen LogP contribution is 2.16. The monoisotopic (exact) mass is 195 g/mol. The smallest absolute Gasteiger partial charge is 0.296 e. The lowest BCUT2D eigenvalue weighted by molar-refractivity contribution is 0.184. The van der Waals surface area contributed by atoms with Gasteiger partial charge in [-0.3, -0.25) is 9.40 Å². The molecule has 1 aliphatic rings. The van der Waals surface area contributed by atoms with Crippen LogP contribution in [0.25, 0.3) is 0 Å². The fourth-order valence-corrected chi connectivity index (χ4v) is 1.43. The molecule has 0 radical (unpaired) electrons. The molecule has 0 unspecified atom stereocenters. The molecule has 1 aromatic heterocycles. The summed E-state index contributed by atoms with van der Waals surface area (Å²) in [5.74, 6) is 0.554. The molecule has 0 saturated heterocycles. The number of nitrogens with one attached hydrogen (secondary N) is 1. The van der Waals surface area contributed by atoms with E-state index in [9.17, 15) is 4.79 Å². The van der Waals surface area contributed by atoms with E-state index in [1.807, 2.05) is 20.0 Å². The van der Waals surface area contributed by atoms with Crippen molar-refractivity contribution >= 4 is 5.82 Å². The number of nitrogens with zero attached hydrogens (tertiary/aromatic N) is 2. The van der Waals surface area contributed by atoms with Gasteiger partial charge in [-0.1, -0.05) is 0 Å². The second-order valence-corrected chi connectivity index (χ2v) is 3.60. The average Bonchev–Trinajstić information content (AvgIpc) is 2.16. The molecule has 2 heterocycles. The SMILES string of the molecule is CC(C)n1cc2c(nc1=O)NOCC2. The summed E-state index contributed by atoms with van der Waals surface area (Å²) in [4.78, 5) is 20.4. The van der Waals surface area contributed by atoms with Crippen molar-refractivity contribution < 1.29 is 4.84 Å². The van der Waals surface area contributed by atoms with Crippen molar-refractivity contribution in [2.45, 2.75) is 26.3 Å². The van der Waals surface area contributed by atoms with E-state index < -0.39 is 0 Å². The van der Waals surface area contributed by atoms with Gasteiger partial charge in [-0.15, -0.1) is 0 Å². The molecular formula is C9H13N3O2. The summed E-state index contributed by atoms with van der Waals surface area (Å²) in [7, 11) is 0. The largest absolute Gasteiger partial charge is 0.349 e. The van der Waals surface area contributed by atoms with E-state index in [1.165, 1.54) is 0 Å². The Morgan fingerprint density at radius 2 is 2.43 bits per heavy atom. The molecule has 0 saturated carbocycles. The number of hydrogen-bond donors (Lipinski definition) is 1. The first-order chi connectivity index (χ1) is 6.68. The van der Waals surface area contributed by atoms with Gasteiger partial charge in [0.25, 0.3) is 0 Å². The van der Waals surface area contributed by atoms with E-state index in [4.69, 9.17) is 4.84 Å². The molecule has 14 heavy (non-hydrogen) atoms. The predicted molar refractivity (Wildman–Crippen MR) is 52.2 cm³/mol. The summed E-state index contributed by atoms with van der Waals surface area (Å²) >= 11 is 0. The Balaban J connectivity index is 2.51. The summed E-state index contributed by atoms with van der Waals surface area (Å²) in [6.07, 6.45) is 2.65. The molecule has 5 nitrogen and oxygen atoms in total. The zero-order valence-corrected chi connectivity index (χ0v) is 8.28. The fourth-order valence-electron chi connectivity index (χ4n) is 1.43. The normalized spacial score (nSPS) is 15.1. The molecular weight excluding hydrogens is 182 g/mol. The Kier molecular flexibility index (Phi) is 2.25. The van der Waals surface area contributed by atoms with Gasteiger partial charge < -0.3 is 0 Å². The third kappa shape index (κ3) is 1.50. The molecule has 0 spiro atoms. The van der Waals surface area contributed by atoms with Crippen LogP contribution in [0.1, 0.15) is 25.5 Å². The minimum absolute atomic E-state index is 0.142. The number of hydrogen-bond acceptors (Lipinski definition) is 4. The Labute approximate surface area is 81.7 Å². The van der Waals surface area contributed by atoms with Crippen molar-refractivity contribution in [2.24, 2.45) is 0 Å². The molecule has 0 atom stereocenters. The van der Waals surface area contributed by atoms with Crippen molar-refractivity contribution in [1.82, 2.24) is 9.55 Å². The zero-order chi connectivity index (χ0) is 10.1. The van der Waals surface area contributed by atoms with Crippen LogP contribution in [0.15, 0.2) is 11.0 Å². The Morgan fingerprint density at radius 1 is 1.64 bits per heavy atom. The molecule has 0 bridgehead atoms. The Bertz CT molecular complexity index is 398. The lowest BCUT2D eigenvalue weighted by Crippen LogP contribution is -2.28. The van der Waals surface area contributed by atoms with Gasteiger partial charge in [0.15, 0.2) is 5.82 Å². The second kappa shape index (κ2) is 3.42. The Morgan fingerprint density at radius 3 is 3.14 bits per heavy atom. The van der Waals surface area contributed by atoms with E-state index in [2.05, 4.69) is 10.5 Å². The van der Waals surface area contributed by atoms with Crippen LogP contribution in [0.4, 0.5) is 5.82 Å². The summed E-state index contributed by atoms with van der Waals surface area (Å²) in [6.45, 7) is 4.54. The summed E-state index contributed by atoms with van der Waals surface area (Å²) in [5, 5.41) is 0. The van der Waals surface area contributed by atoms with Gasteiger partial charge in [0.1, 0.15) is 0 Å². The maximum atomic E-state index is 11.5. The highest BCUT2D eigenvalue weighted by Gasteiger charge is 2.13. The second-order valence-electron chi connectivity index (χ2n) is 3.60. The van der Waals surface area contributed by atoms with Gasteiger partial charge in [-0.25, -0.2) is 10.3 Å². The van der Waals surface area contributed by atoms with Crippen LogP contribution in [0.3, 0.4) is 0 Å². The lowest BCUT2D eigenvalue weighted by atomic mass is 10.2. The van der Waals surface area contributed by atoms with E-state index >= 15 is 0 Å². The molecule has 1 aromatic rings. The van der Waals surface area contributed by atoms with E-state index in [-0.39, 0.29) is 11.7 Å². The molecule has 76 valence electrons. The number of fused-ring (bicyclic) bond motifs is 1. The number of aromatic nitrogens is 2. The quantitative estimate of drug-likeness (QED) is 0.717. The molecule has 0 amide bonds. The van der Waals surface area contributed by atoms with Crippen molar-refractivity contribution in [3.63, 3.8) is 0 Å².